The van der Waals surface area contributed by atoms with Gasteiger partial charge in [-0.3, -0.25) is 9.59 Å². The summed E-state index contributed by atoms with van der Waals surface area (Å²) >= 11 is 0. The molecule has 16 heavy (non-hydrogen) atoms. The summed E-state index contributed by atoms with van der Waals surface area (Å²) in [6, 6.07) is 0. The first-order valence-electron chi connectivity index (χ1n) is 5.58. The van der Waals surface area contributed by atoms with E-state index in [9.17, 15) is 9.59 Å². The monoisotopic (exact) mass is 230 g/mol. The van der Waals surface area contributed by atoms with Gasteiger partial charge >= 0.3 is 5.97 Å². The molecule has 0 bridgehead atoms. The fourth-order valence-corrected chi connectivity index (χ4v) is 1.63. The molecular weight excluding hydrogens is 208 g/mol. The van der Waals surface area contributed by atoms with Crippen LogP contribution in [-0.4, -0.2) is 37.1 Å². The lowest BCUT2D eigenvalue weighted by Gasteiger charge is -2.17. The van der Waals surface area contributed by atoms with Gasteiger partial charge in [0, 0.05) is 13.0 Å². The van der Waals surface area contributed by atoms with Crippen LogP contribution in [0.5, 0.6) is 0 Å². The zero-order valence-corrected chi connectivity index (χ0v) is 10.2. The van der Waals surface area contributed by atoms with Crippen molar-refractivity contribution in [3.63, 3.8) is 0 Å². The number of carbonyl (C=O) groups excluding carboxylic acids is 1. The van der Waals surface area contributed by atoms with Crippen molar-refractivity contribution in [2.45, 2.75) is 26.7 Å². The molecule has 0 aliphatic heterocycles. The van der Waals surface area contributed by atoms with Crippen LogP contribution in [0.25, 0.3) is 0 Å². The Hall–Kier alpha value is -1.10. The van der Waals surface area contributed by atoms with E-state index in [1.54, 1.807) is 7.05 Å². The minimum Gasteiger partial charge on any atom is -0.481 e. The number of rotatable bonds is 8. The van der Waals surface area contributed by atoms with Crippen LogP contribution in [0, 0.1) is 11.8 Å². The highest BCUT2D eigenvalue weighted by Crippen LogP contribution is 2.14. The van der Waals surface area contributed by atoms with Gasteiger partial charge in [0.25, 0.3) is 0 Å². The summed E-state index contributed by atoms with van der Waals surface area (Å²) in [6.45, 7) is 4.79. The van der Waals surface area contributed by atoms with Gasteiger partial charge in [-0.1, -0.05) is 13.8 Å². The molecular formula is C11H22N2O3. The van der Waals surface area contributed by atoms with Crippen LogP contribution < -0.4 is 10.6 Å². The molecule has 5 heteroatoms. The summed E-state index contributed by atoms with van der Waals surface area (Å²) in [5.41, 5.74) is 0. The number of hydrogen-bond acceptors (Lipinski definition) is 3. The van der Waals surface area contributed by atoms with E-state index < -0.39 is 5.97 Å². The van der Waals surface area contributed by atoms with Crippen LogP contribution in [0.1, 0.15) is 26.7 Å². The lowest BCUT2D eigenvalue weighted by molar-refractivity contribution is -0.138. The van der Waals surface area contributed by atoms with Crippen LogP contribution in [0.2, 0.25) is 0 Å². The van der Waals surface area contributed by atoms with Gasteiger partial charge in [0.2, 0.25) is 5.91 Å². The Kier molecular flexibility index (Phi) is 7.54. The summed E-state index contributed by atoms with van der Waals surface area (Å²) in [5.74, 6) is -0.459. The van der Waals surface area contributed by atoms with Crippen molar-refractivity contribution in [1.29, 1.82) is 0 Å². The minimum absolute atomic E-state index is 0.0123. The quantitative estimate of drug-likeness (QED) is 0.566. The van der Waals surface area contributed by atoms with E-state index in [0.717, 1.165) is 6.42 Å². The maximum atomic E-state index is 11.2. The van der Waals surface area contributed by atoms with Crippen LogP contribution in [0.15, 0.2) is 0 Å². The molecule has 3 N–H and O–H groups in total. The van der Waals surface area contributed by atoms with Crippen molar-refractivity contribution in [2.24, 2.45) is 11.8 Å². The van der Waals surface area contributed by atoms with Crippen molar-refractivity contribution in [2.75, 3.05) is 20.1 Å². The van der Waals surface area contributed by atoms with Crippen LogP contribution in [0.4, 0.5) is 0 Å². The Balaban J connectivity index is 4.00. The van der Waals surface area contributed by atoms with E-state index in [4.69, 9.17) is 5.11 Å². The topological polar surface area (TPSA) is 78.4 Å². The van der Waals surface area contributed by atoms with Gasteiger partial charge in [-0.05, 0) is 25.3 Å². The molecule has 1 amide bonds. The van der Waals surface area contributed by atoms with Crippen molar-refractivity contribution >= 4 is 11.9 Å². The number of amides is 1. The maximum absolute atomic E-state index is 11.2. The minimum atomic E-state index is -0.812. The molecule has 1 atom stereocenters. The molecule has 0 aromatic carbocycles. The number of carboxylic acids is 1. The number of likely N-dealkylation sites (N-methyl/N-ethyl adjacent to an activating group) is 1. The molecule has 0 aromatic heterocycles. The summed E-state index contributed by atoms with van der Waals surface area (Å²) in [7, 11) is 1.70. The fourth-order valence-electron chi connectivity index (χ4n) is 1.63. The Morgan fingerprint density at radius 2 is 1.94 bits per heavy atom. The highest BCUT2D eigenvalue weighted by molar-refractivity contribution is 5.78. The van der Waals surface area contributed by atoms with Gasteiger partial charge in [0.1, 0.15) is 0 Å². The second-order valence-corrected chi connectivity index (χ2v) is 4.43. The molecule has 5 nitrogen and oxygen atoms in total. The summed E-state index contributed by atoms with van der Waals surface area (Å²) < 4.78 is 0. The van der Waals surface area contributed by atoms with Gasteiger partial charge in [0.15, 0.2) is 0 Å². The highest BCUT2D eigenvalue weighted by Gasteiger charge is 2.15. The van der Waals surface area contributed by atoms with E-state index in [1.165, 1.54) is 0 Å². The number of hydrogen-bond donors (Lipinski definition) is 3. The van der Waals surface area contributed by atoms with E-state index in [1.807, 2.05) is 13.8 Å². The smallest absolute Gasteiger partial charge is 0.303 e. The van der Waals surface area contributed by atoms with Gasteiger partial charge < -0.3 is 15.7 Å². The third-order valence-electron chi connectivity index (χ3n) is 2.19. The second-order valence-electron chi connectivity index (χ2n) is 4.43. The largest absolute Gasteiger partial charge is 0.481 e. The Morgan fingerprint density at radius 3 is 2.38 bits per heavy atom. The average Bonchev–Trinajstić information content (AvgIpc) is 2.13. The molecule has 0 rings (SSSR count). The van der Waals surface area contributed by atoms with Crippen LogP contribution in [-0.2, 0) is 9.59 Å². The Labute approximate surface area is 96.6 Å². The first-order valence-corrected chi connectivity index (χ1v) is 5.58. The van der Waals surface area contributed by atoms with Gasteiger partial charge in [-0.25, -0.2) is 0 Å². The number of aliphatic carboxylic acids is 1. The summed E-state index contributed by atoms with van der Waals surface area (Å²) in [4.78, 5) is 21.8. The van der Waals surface area contributed by atoms with E-state index in [0.29, 0.717) is 12.5 Å². The van der Waals surface area contributed by atoms with Crippen molar-refractivity contribution in [3.8, 4) is 0 Å². The predicted octanol–water partition coefficient (Wildman–Crippen LogP) is 0.459. The molecule has 0 aliphatic rings. The normalized spacial score (nSPS) is 12.5. The van der Waals surface area contributed by atoms with Gasteiger partial charge in [-0.2, -0.15) is 0 Å². The molecule has 0 radical (unpaired) electrons. The Morgan fingerprint density at radius 1 is 1.31 bits per heavy atom. The number of carboxylic acid groups (broad SMARTS) is 1. The standard InChI is InChI=1S/C11H22N2O3/c1-8(2)4-9(5-11(15)16)6-13-10(14)7-12-3/h8-9,12H,4-7H2,1-3H3,(H,13,14)(H,15,16). The molecule has 0 spiro atoms. The molecule has 1 unspecified atom stereocenters. The maximum Gasteiger partial charge on any atom is 0.303 e. The Bertz CT molecular complexity index is 229. The van der Waals surface area contributed by atoms with Crippen molar-refractivity contribution in [1.82, 2.24) is 10.6 Å². The lowest BCUT2D eigenvalue weighted by atomic mass is 9.94. The molecule has 0 fully saturated rings. The van der Waals surface area contributed by atoms with Crippen LogP contribution in [0.3, 0.4) is 0 Å². The molecule has 0 saturated carbocycles. The van der Waals surface area contributed by atoms with Crippen molar-refractivity contribution < 1.29 is 14.7 Å². The fraction of sp³-hybridized carbons (Fsp3) is 0.818. The highest BCUT2D eigenvalue weighted by atomic mass is 16.4. The molecule has 0 aliphatic carbocycles. The third-order valence-corrected chi connectivity index (χ3v) is 2.19. The first-order chi connectivity index (χ1) is 7.45. The molecule has 94 valence electrons. The molecule has 0 aromatic rings. The molecule has 0 saturated heterocycles. The molecule has 0 heterocycles. The van der Waals surface area contributed by atoms with Gasteiger partial charge in [-0.15, -0.1) is 0 Å². The second kappa shape index (κ2) is 8.10. The number of nitrogens with one attached hydrogen (secondary N) is 2. The number of carbonyl (C=O) groups is 2. The summed E-state index contributed by atoms with van der Waals surface area (Å²) in [6.07, 6.45) is 0.921. The zero-order valence-electron chi connectivity index (χ0n) is 10.2. The van der Waals surface area contributed by atoms with E-state index in [2.05, 4.69) is 10.6 Å². The SMILES string of the molecule is CNCC(=O)NCC(CC(=O)O)CC(C)C. The lowest BCUT2D eigenvalue weighted by Crippen LogP contribution is -2.36. The van der Waals surface area contributed by atoms with Crippen LogP contribution >= 0.6 is 0 Å². The third kappa shape index (κ3) is 8.23. The van der Waals surface area contributed by atoms with Gasteiger partial charge in [0.05, 0.1) is 6.54 Å². The van der Waals surface area contributed by atoms with E-state index >= 15 is 0 Å². The predicted molar refractivity (Wildman–Crippen MR) is 62.1 cm³/mol. The summed E-state index contributed by atoms with van der Waals surface area (Å²) in [5, 5.41) is 14.2. The zero-order chi connectivity index (χ0) is 12.6. The van der Waals surface area contributed by atoms with E-state index in [-0.39, 0.29) is 24.8 Å². The average molecular weight is 230 g/mol. The van der Waals surface area contributed by atoms with Crippen molar-refractivity contribution in [3.05, 3.63) is 0 Å². The first kappa shape index (κ1) is 14.9.